The molecule has 0 aliphatic carbocycles. The van der Waals surface area contributed by atoms with Crippen molar-refractivity contribution >= 4 is 0 Å². The van der Waals surface area contributed by atoms with Gasteiger partial charge in [0.25, 0.3) is 0 Å². The summed E-state index contributed by atoms with van der Waals surface area (Å²) in [5.41, 5.74) is 0.492. The Balaban J connectivity index is 2.41. The molecule has 0 N–H and O–H groups in total. The summed E-state index contributed by atoms with van der Waals surface area (Å²) in [4.78, 5) is 0. The van der Waals surface area contributed by atoms with Crippen molar-refractivity contribution in [2.24, 2.45) is 5.41 Å². The lowest BCUT2D eigenvalue weighted by molar-refractivity contribution is 0.252. The molecule has 74 valence electrons. The van der Waals surface area contributed by atoms with Crippen LogP contribution in [0.1, 0.15) is 40.0 Å². The molecule has 0 aliphatic rings. The fourth-order valence-corrected chi connectivity index (χ4v) is 1.42. The van der Waals surface area contributed by atoms with Gasteiger partial charge in [0.05, 0.1) is 0 Å². The fraction of sp³-hybridized carbons (Fsp3) is 0.727. The van der Waals surface area contributed by atoms with E-state index in [4.69, 9.17) is 0 Å². The van der Waals surface area contributed by atoms with Gasteiger partial charge in [0.2, 0.25) is 0 Å². The van der Waals surface area contributed by atoms with E-state index in [0.717, 1.165) is 6.54 Å². The van der Waals surface area contributed by atoms with Crippen molar-refractivity contribution in [2.75, 3.05) is 0 Å². The normalized spacial score (nSPS) is 11.9. The average Bonchev–Trinajstić information content (AvgIpc) is 2.67. The van der Waals surface area contributed by atoms with Crippen LogP contribution in [0.5, 0.6) is 0 Å². The highest BCUT2D eigenvalue weighted by molar-refractivity contribution is 4.79. The van der Waals surface area contributed by atoms with E-state index in [-0.39, 0.29) is 0 Å². The standard InChI is InChI=1S/C11H20N2/c1-4-11(3,5-2)7-10-13-9-6-8-12-13/h6,8-9H,4-5,7,10H2,1-3H3. The summed E-state index contributed by atoms with van der Waals surface area (Å²) in [6.07, 6.45) is 7.61. The summed E-state index contributed by atoms with van der Waals surface area (Å²) in [6, 6.07) is 1.98. The summed E-state index contributed by atoms with van der Waals surface area (Å²) >= 11 is 0. The molecule has 0 bridgehead atoms. The Hall–Kier alpha value is -0.790. The van der Waals surface area contributed by atoms with Crippen LogP contribution in [0.3, 0.4) is 0 Å². The van der Waals surface area contributed by atoms with Gasteiger partial charge >= 0.3 is 0 Å². The molecule has 0 unspecified atom stereocenters. The first-order valence-corrected chi connectivity index (χ1v) is 5.17. The lowest BCUT2D eigenvalue weighted by Crippen LogP contribution is -2.17. The number of aromatic nitrogens is 2. The van der Waals surface area contributed by atoms with Crippen LogP contribution >= 0.6 is 0 Å². The van der Waals surface area contributed by atoms with Crippen LogP contribution in [0.4, 0.5) is 0 Å². The van der Waals surface area contributed by atoms with E-state index < -0.39 is 0 Å². The summed E-state index contributed by atoms with van der Waals surface area (Å²) in [6.45, 7) is 7.95. The Morgan fingerprint density at radius 1 is 1.31 bits per heavy atom. The van der Waals surface area contributed by atoms with Crippen LogP contribution in [0, 0.1) is 5.41 Å². The molecule has 0 atom stereocenters. The van der Waals surface area contributed by atoms with Gasteiger partial charge in [-0.3, -0.25) is 4.68 Å². The van der Waals surface area contributed by atoms with Gasteiger partial charge in [0.1, 0.15) is 0 Å². The second-order valence-corrected chi connectivity index (χ2v) is 4.04. The van der Waals surface area contributed by atoms with Crippen molar-refractivity contribution in [3.8, 4) is 0 Å². The third kappa shape index (κ3) is 2.87. The molecule has 1 rings (SSSR count). The number of hydrogen-bond donors (Lipinski definition) is 0. The Bertz CT molecular complexity index is 222. The summed E-state index contributed by atoms with van der Waals surface area (Å²) in [7, 11) is 0. The zero-order chi connectivity index (χ0) is 9.73. The lowest BCUT2D eigenvalue weighted by atomic mass is 9.81. The van der Waals surface area contributed by atoms with E-state index >= 15 is 0 Å². The van der Waals surface area contributed by atoms with Crippen molar-refractivity contribution in [2.45, 2.75) is 46.6 Å². The predicted molar refractivity (Wildman–Crippen MR) is 55.5 cm³/mol. The van der Waals surface area contributed by atoms with Gasteiger partial charge in [0.15, 0.2) is 0 Å². The topological polar surface area (TPSA) is 17.8 Å². The van der Waals surface area contributed by atoms with Crippen molar-refractivity contribution in [3.63, 3.8) is 0 Å². The molecule has 2 nitrogen and oxygen atoms in total. The summed E-state index contributed by atoms with van der Waals surface area (Å²) in [5, 5.41) is 4.20. The van der Waals surface area contributed by atoms with Crippen LogP contribution in [0.25, 0.3) is 0 Å². The smallest absolute Gasteiger partial charge is 0.0489 e. The Morgan fingerprint density at radius 3 is 2.46 bits per heavy atom. The van der Waals surface area contributed by atoms with Gasteiger partial charge < -0.3 is 0 Å². The molecule has 1 heterocycles. The molecule has 0 saturated carbocycles. The minimum absolute atomic E-state index is 0.492. The molecular formula is C11H20N2. The van der Waals surface area contributed by atoms with E-state index in [1.807, 2.05) is 23.1 Å². The van der Waals surface area contributed by atoms with Crippen molar-refractivity contribution in [1.82, 2.24) is 9.78 Å². The molecule has 2 heteroatoms. The molecule has 0 aliphatic heterocycles. The van der Waals surface area contributed by atoms with Gasteiger partial charge in [-0.25, -0.2) is 0 Å². The molecule has 0 radical (unpaired) electrons. The van der Waals surface area contributed by atoms with Gasteiger partial charge in [-0.05, 0) is 17.9 Å². The minimum Gasteiger partial charge on any atom is -0.273 e. The van der Waals surface area contributed by atoms with Crippen LogP contribution in [-0.2, 0) is 6.54 Å². The number of hydrogen-bond acceptors (Lipinski definition) is 1. The van der Waals surface area contributed by atoms with Gasteiger partial charge in [-0.15, -0.1) is 0 Å². The maximum Gasteiger partial charge on any atom is 0.0489 e. The zero-order valence-corrected chi connectivity index (χ0v) is 8.95. The third-order valence-electron chi connectivity index (χ3n) is 3.21. The molecule has 0 spiro atoms. The van der Waals surface area contributed by atoms with E-state index in [0.29, 0.717) is 5.41 Å². The van der Waals surface area contributed by atoms with Gasteiger partial charge in [-0.2, -0.15) is 5.10 Å². The number of aryl methyl sites for hydroxylation is 1. The Morgan fingerprint density at radius 2 is 2.00 bits per heavy atom. The molecular weight excluding hydrogens is 160 g/mol. The first-order valence-electron chi connectivity index (χ1n) is 5.17. The van der Waals surface area contributed by atoms with Crippen LogP contribution in [0.2, 0.25) is 0 Å². The highest BCUT2D eigenvalue weighted by Gasteiger charge is 2.18. The van der Waals surface area contributed by atoms with Crippen molar-refractivity contribution in [1.29, 1.82) is 0 Å². The lowest BCUT2D eigenvalue weighted by Gasteiger charge is -2.26. The molecule has 1 aromatic heterocycles. The Kier molecular flexibility index (Phi) is 3.52. The summed E-state index contributed by atoms with van der Waals surface area (Å²) < 4.78 is 2.02. The number of nitrogens with zero attached hydrogens (tertiary/aromatic N) is 2. The molecule has 1 aromatic rings. The average molecular weight is 180 g/mol. The molecule has 0 fully saturated rings. The molecule has 0 aromatic carbocycles. The van der Waals surface area contributed by atoms with Crippen LogP contribution in [-0.4, -0.2) is 9.78 Å². The van der Waals surface area contributed by atoms with Crippen molar-refractivity contribution < 1.29 is 0 Å². The molecule has 0 amide bonds. The summed E-state index contributed by atoms with van der Waals surface area (Å²) in [5.74, 6) is 0. The quantitative estimate of drug-likeness (QED) is 0.681. The third-order valence-corrected chi connectivity index (χ3v) is 3.21. The van der Waals surface area contributed by atoms with E-state index in [1.54, 1.807) is 0 Å². The molecule has 13 heavy (non-hydrogen) atoms. The predicted octanol–water partition coefficient (Wildman–Crippen LogP) is 3.10. The van der Waals surface area contributed by atoms with E-state index in [2.05, 4.69) is 25.9 Å². The van der Waals surface area contributed by atoms with Crippen molar-refractivity contribution in [3.05, 3.63) is 18.5 Å². The van der Waals surface area contributed by atoms with Crippen LogP contribution < -0.4 is 0 Å². The van der Waals surface area contributed by atoms with Gasteiger partial charge in [0, 0.05) is 18.9 Å². The highest BCUT2D eigenvalue weighted by Crippen LogP contribution is 2.29. The van der Waals surface area contributed by atoms with E-state index in [9.17, 15) is 0 Å². The second-order valence-electron chi connectivity index (χ2n) is 4.04. The number of rotatable bonds is 5. The van der Waals surface area contributed by atoms with E-state index in [1.165, 1.54) is 19.3 Å². The first kappa shape index (κ1) is 10.3. The van der Waals surface area contributed by atoms with Crippen LogP contribution in [0.15, 0.2) is 18.5 Å². The maximum atomic E-state index is 4.20. The highest BCUT2D eigenvalue weighted by atomic mass is 15.3. The maximum absolute atomic E-state index is 4.20. The fourth-order valence-electron chi connectivity index (χ4n) is 1.42. The molecule has 0 saturated heterocycles. The van der Waals surface area contributed by atoms with Gasteiger partial charge in [-0.1, -0.05) is 33.6 Å². The first-order chi connectivity index (χ1) is 6.20. The monoisotopic (exact) mass is 180 g/mol. The SMILES string of the molecule is CCC(C)(CC)CCn1cccn1. The minimum atomic E-state index is 0.492. The largest absolute Gasteiger partial charge is 0.273 e. The second kappa shape index (κ2) is 4.45. The zero-order valence-electron chi connectivity index (χ0n) is 8.95. The Labute approximate surface area is 81.0 Å².